The van der Waals surface area contributed by atoms with Crippen LogP contribution in [0.15, 0.2) is 0 Å². The molecule has 7 heteroatoms. The van der Waals surface area contributed by atoms with E-state index in [4.69, 9.17) is 9.84 Å². The number of halogens is 5. The van der Waals surface area contributed by atoms with Gasteiger partial charge in [0.1, 0.15) is 6.10 Å². The fraction of sp³-hybridized carbons (Fsp3) is 1.00. The van der Waals surface area contributed by atoms with Crippen LogP contribution < -0.4 is 0 Å². The fourth-order valence-electron chi connectivity index (χ4n) is 2.76. The third kappa shape index (κ3) is 5.05. The van der Waals surface area contributed by atoms with E-state index in [0.29, 0.717) is 32.1 Å². The Labute approximate surface area is 128 Å². The largest absolute Gasteiger partial charge is 0.420 e. The van der Waals surface area contributed by atoms with Crippen molar-refractivity contribution in [2.24, 2.45) is 11.8 Å². The molecule has 0 radical (unpaired) electrons. The standard InChI is InChI=1S/C15H25F5O2/c1-3-10(2)9-22-12(11-7-5-4-6-8-11)14(16,17)13(21)15(18,19)20/h10-13,21H,3-9H2,1-2H3. The summed E-state index contributed by atoms with van der Waals surface area (Å²) in [5, 5.41) is 9.08. The highest BCUT2D eigenvalue weighted by Gasteiger charge is 2.60. The molecule has 0 saturated heterocycles. The lowest BCUT2D eigenvalue weighted by molar-refractivity contribution is -0.303. The van der Waals surface area contributed by atoms with Crippen LogP contribution in [0.1, 0.15) is 52.4 Å². The summed E-state index contributed by atoms with van der Waals surface area (Å²) in [6, 6.07) is 0. The molecule has 22 heavy (non-hydrogen) atoms. The predicted molar refractivity (Wildman–Crippen MR) is 72.8 cm³/mol. The molecule has 1 aliphatic carbocycles. The van der Waals surface area contributed by atoms with Crippen LogP contribution in [-0.2, 0) is 4.74 Å². The highest BCUT2D eigenvalue weighted by atomic mass is 19.4. The fourth-order valence-corrected chi connectivity index (χ4v) is 2.76. The smallest absolute Gasteiger partial charge is 0.379 e. The molecule has 0 aromatic heterocycles. The lowest BCUT2D eigenvalue weighted by atomic mass is 9.81. The topological polar surface area (TPSA) is 29.5 Å². The second-order valence-electron chi connectivity index (χ2n) is 6.28. The SMILES string of the molecule is CCC(C)COC(C1CCCCC1)C(F)(F)C(O)C(F)(F)F. The van der Waals surface area contributed by atoms with Crippen LogP contribution in [-0.4, -0.2) is 36.0 Å². The van der Waals surface area contributed by atoms with E-state index in [0.717, 1.165) is 6.42 Å². The summed E-state index contributed by atoms with van der Waals surface area (Å²) >= 11 is 0. The first-order valence-corrected chi connectivity index (χ1v) is 7.84. The van der Waals surface area contributed by atoms with Gasteiger partial charge in [0.2, 0.25) is 6.10 Å². The van der Waals surface area contributed by atoms with Crippen LogP contribution in [0.25, 0.3) is 0 Å². The average molecular weight is 332 g/mol. The van der Waals surface area contributed by atoms with E-state index in [1.165, 1.54) is 0 Å². The quantitative estimate of drug-likeness (QED) is 0.693. The minimum Gasteiger partial charge on any atom is -0.379 e. The lowest BCUT2D eigenvalue weighted by Gasteiger charge is -2.38. The Balaban J connectivity index is 2.91. The molecule has 132 valence electrons. The number of hydrogen-bond acceptors (Lipinski definition) is 2. The Kier molecular flexibility index (Phi) is 7.05. The Morgan fingerprint density at radius 2 is 1.64 bits per heavy atom. The van der Waals surface area contributed by atoms with Crippen molar-refractivity contribution in [1.29, 1.82) is 0 Å². The third-order valence-electron chi connectivity index (χ3n) is 4.39. The van der Waals surface area contributed by atoms with Crippen LogP contribution in [0.2, 0.25) is 0 Å². The van der Waals surface area contributed by atoms with Crippen LogP contribution in [0.5, 0.6) is 0 Å². The summed E-state index contributed by atoms with van der Waals surface area (Å²) in [5.41, 5.74) is 0. The molecule has 0 bridgehead atoms. The van der Waals surface area contributed by atoms with E-state index in [2.05, 4.69) is 0 Å². The maximum Gasteiger partial charge on any atom is 0.420 e. The summed E-state index contributed by atoms with van der Waals surface area (Å²) in [5.74, 6) is -5.01. The first kappa shape index (κ1) is 19.6. The molecule has 1 rings (SSSR count). The van der Waals surface area contributed by atoms with E-state index in [1.54, 1.807) is 6.92 Å². The number of hydrogen-bond donors (Lipinski definition) is 1. The number of ether oxygens (including phenoxy) is 1. The lowest BCUT2D eigenvalue weighted by Crippen LogP contribution is -2.55. The van der Waals surface area contributed by atoms with Crippen LogP contribution >= 0.6 is 0 Å². The number of rotatable bonds is 7. The molecule has 1 aliphatic rings. The van der Waals surface area contributed by atoms with Crippen LogP contribution in [0.4, 0.5) is 22.0 Å². The minimum absolute atomic E-state index is 0.0232. The van der Waals surface area contributed by atoms with Gasteiger partial charge in [0.05, 0.1) is 0 Å². The Bertz CT molecular complexity index is 326. The van der Waals surface area contributed by atoms with Crippen molar-refractivity contribution < 1.29 is 31.8 Å². The normalized spacial score (nSPS) is 22.4. The molecule has 0 aromatic carbocycles. The Hall–Kier alpha value is -0.430. The summed E-state index contributed by atoms with van der Waals surface area (Å²) in [7, 11) is 0. The van der Waals surface area contributed by atoms with Crippen molar-refractivity contribution >= 4 is 0 Å². The second kappa shape index (κ2) is 7.90. The summed E-state index contributed by atoms with van der Waals surface area (Å²) in [4.78, 5) is 0. The number of aliphatic hydroxyl groups excluding tert-OH is 1. The summed E-state index contributed by atoms with van der Waals surface area (Å²) < 4.78 is 71.3. The van der Waals surface area contributed by atoms with E-state index in [-0.39, 0.29) is 12.5 Å². The maximum atomic E-state index is 14.2. The van der Waals surface area contributed by atoms with Crippen LogP contribution in [0.3, 0.4) is 0 Å². The van der Waals surface area contributed by atoms with E-state index < -0.39 is 30.2 Å². The van der Waals surface area contributed by atoms with Gasteiger partial charge in [-0.2, -0.15) is 13.2 Å². The van der Waals surface area contributed by atoms with Crippen molar-refractivity contribution in [3.05, 3.63) is 0 Å². The maximum absolute atomic E-state index is 14.2. The van der Waals surface area contributed by atoms with Crippen molar-refractivity contribution in [1.82, 2.24) is 0 Å². The number of alkyl halides is 5. The zero-order valence-electron chi connectivity index (χ0n) is 13.0. The molecule has 1 fully saturated rings. The van der Waals surface area contributed by atoms with Gasteiger partial charge in [-0.3, -0.25) is 0 Å². The highest BCUT2D eigenvalue weighted by Crippen LogP contribution is 2.42. The van der Waals surface area contributed by atoms with Gasteiger partial charge >= 0.3 is 12.1 Å². The zero-order valence-corrected chi connectivity index (χ0v) is 13.0. The van der Waals surface area contributed by atoms with Gasteiger partial charge in [0.25, 0.3) is 0 Å². The van der Waals surface area contributed by atoms with E-state index >= 15 is 0 Å². The second-order valence-corrected chi connectivity index (χ2v) is 6.28. The van der Waals surface area contributed by atoms with Crippen molar-refractivity contribution in [3.63, 3.8) is 0 Å². The molecule has 0 heterocycles. The molecule has 0 amide bonds. The highest BCUT2D eigenvalue weighted by molar-refractivity contribution is 4.94. The third-order valence-corrected chi connectivity index (χ3v) is 4.39. The molecular formula is C15H25F5O2. The Morgan fingerprint density at radius 3 is 2.09 bits per heavy atom. The van der Waals surface area contributed by atoms with Crippen molar-refractivity contribution in [3.8, 4) is 0 Å². The van der Waals surface area contributed by atoms with E-state index in [1.807, 2.05) is 6.92 Å². The molecule has 3 atom stereocenters. The summed E-state index contributed by atoms with van der Waals surface area (Å²) in [6.45, 7) is 3.61. The van der Waals surface area contributed by atoms with Gasteiger partial charge in [-0.05, 0) is 24.7 Å². The molecule has 0 aliphatic heterocycles. The Morgan fingerprint density at radius 1 is 1.09 bits per heavy atom. The average Bonchev–Trinajstić information content (AvgIpc) is 2.46. The van der Waals surface area contributed by atoms with Gasteiger partial charge < -0.3 is 9.84 Å². The van der Waals surface area contributed by atoms with Gasteiger partial charge in [0, 0.05) is 6.61 Å². The van der Waals surface area contributed by atoms with Gasteiger partial charge in [0.15, 0.2) is 0 Å². The van der Waals surface area contributed by atoms with Crippen LogP contribution in [0, 0.1) is 11.8 Å². The summed E-state index contributed by atoms with van der Waals surface area (Å²) in [6.07, 6.45) is -7.15. The first-order valence-electron chi connectivity index (χ1n) is 7.84. The van der Waals surface area contributed by atoms with Crippen molar-refractivity contribution in [2.75, 3.05) is 6.61 Å². The van der Waals surface area contributed by atoms with Crippen molar-refractivity contribution in [2.45, 2.75) is 76.7 Å². The first-order chi connectivity index (χ1) is 10.1. The zero-order chi connectivity index (χ0) is 17.0. The van der Waals surface area contributed by atoms with Gasteiger partial charge in [-0.25, -0.2) is 8.78 Å². The van der Waals surface area contributed by atoms with E-state index in [9.17, 15) is 22.0 Å². The molecule has 1 saturated carbocycles. The minimum atomic E-state index is -5.36. The van der Waals surface area contributed by atoms with Gasteiger partial charge in [-0.1, -0.05) is 39.5 Å². The molecule has 3 unspecified atom stereocenters. The molecule has 2 nitrogen and oxygen atoms in total. The molecular weight excluding hydrogens is 307 g/mol. The predicted octanol–water partition coefficient (Wildman–Crippen LogP) is 4.56. The molecule has 1 N–H and O–H groups in total. The molecule has 0 aromatic rings. The monoisotopic (exact) mass is 332 g/mol. The van der Waals surface area contributed by atoms with Gasteiger partial charge in [-0.15, -0.1) is 0 Å². The molecule has 0 spiro atoms. The number of aliphatic hydroxyl groups is 1.